The average Bonchev–Trinajstić information content (AvgIpc) is 3.74. The highest BCUT2D eigenvalue weighted by molar-refractivity contribution is 6.62. The van der Waals surface area contributed by atoms with Crippen molar-refractivity contribution in [1.29, 1.82) is 0 Å². The lowest BCUT2D eigenvalue weighted by atomic mass is 9.70. The van der Waals surface area contributed by atoms with E-state index in [0.29, 0.717) is 0 Å². The minimum Gasteiger partial charge on any atom is -0.399 e. The Morgan fingerprint density at radius 1 is 0.415 bits per heavy atom. The maximum Gasteiger partial charge on any atom is 0.494 e. The topological polar surface area (TPSA) is 21.7 Å². The predicted molar refractivity (Wildman–Crippen MR) is 219 cm³/mol. The molecule has 3 aliphatic rings. The normalized spacial score (nSPS) is 16.6. The Kier molecular flexibility index (Phi) is 7.05. The van der Waals surface area contributed by atoms with Crippen molar-refractivity contribution in [3.63, 3.8) is 0 Å². The first-order valence-corrected chi connectivity index (χ1v) is 18.6. The molecule has 1 saturated heterocycles. The molecule has 0 aromatic heterocycles. The molecule has 4 heteroatoms. The summed E-state index contributed by atoms with van der Waals surface area (Å²) in [6.07, 6.45) is 0. The van der Waals surface area contributed by atoms with Crippen molar-refractivity contribution in [3.8, 4) is 33.4 Å². The van der Waals surface area contributed by atoms with Gasteiger partial charge in [-0.1, -0.05) is 140 Å². The summed E-state index contributed by atoms with van der Waals surface area (Å²) in [5.74, 6) is 0. The summed E-state index contributed by atoms with van der Waals surface area (Å²) in [6.45, 7) is 8.40. The fourth-order valence-electron chi connectivity index (χ4n) is 8.94. The number of hydrogen-bond donors (Lipinski definition) is 0. The zero-order valence-electron chi connectivity index (χ0n) is 30.5. The van der Waals surface area contributed by atoms with Crippen molar-refractivity contribution in [2.75, 3.05) is 4.90 Å². The lowest BCUT2D eigenvalue weighted by Crippen LogP contribution is -2.41. The first-order valence-electron chi connectivity index (χ1n) is 18.6. The second kappa shape index (κ2) is 11.7. The number of nitrogens with zero attached hydrogens (tertiary/aromatic N) is 1. The van der Waals surface area contributed by atoms with Crippen LogP contribution in [0.1, 0.15) is 49.9 Å². The van der Waals surface area contributed by atoms with Crippen LogP contribution in [0.15, 0.2) is 170 Å². The third-order valence-electron chi connectivity index (χ3n) is 12.1. The van der Waals surface area contributed by atoms with E-state index >= 15 is 0 Å². The molecular weight excluding hydrogens is 645 g/mol. The van der Waals surface area contributed by atoms with Gasteiger partial charge in [-0.2, -0.15) is 0 Å². The van der Waals surface area contributed by atoms with Gasteiger partial charge >= 0.3 is 7.12 Å². The van der Waals surface area contributed by atoms with Crippen molar-refractivity contribution in [2.24, 2.45) is 0 Å². The zero-order valence-corrected chi connectivity index (χ0v) is 30.5. The quantitative estimate of drug-likeness (QED) is 0.168. The molecule has 0 N–H and O–H groups in total. The molecule has 0 saturated carbocycles. The van der Waals surface area contributed by atoms with Gasteiger partial charge in [0.25, 0.3) is 0 Å². The van der Waals surface area contributed by atoms with E-state index in [-0.39, 0.29) is 0 Å². The van der Waals surface area contributed by atoms with Gasteiger partial charge < -0.3 is 14.2 Å². The fraction of sp³-hybridized carbons (Fsp3) is 0.143. The molecule has 0 atom stereocenters. The van der Waals surface area contributed by atoms with E-state index in [9.17, 15) is 0 Å². The van der Waals surface area contributed by atoms with E-state index in [1.807, 2.05) is 0 Å². The molecule has 7 aromatic rings. The number of anilines is 3. The van der Waals surface area contributed by atoms with Crippen LogP contribution in [-0.2, 0) is 14.7 Å². The Balaban J connectivity index is 1.19. The van der Waals surface area contributed by atoms with Crippen molar-refractivity contribution in [3.05, 3.63) is 192 Å². The number of fused-ring (bicyclic) bond motifs is 10. The van der Waals surface area contributed by atoms with E-state index in [0.717, 1.165) is 28.1 Å². The molecule has 3 nitrogen and oxygen atoms in total. The van der Waals surface area contributed by atoms with E-state index in [4.69, 9.17) is 9.31 Å². The molecule has 1 spiro atoms. The molecule has 7 aromatic carbocycles. The molecule has 0 radical (unpaired) electrons. The number of benzene rings is 7. The number of para-hydroxylation sites is 1. The van der Waals surface area contributed by atoms with Crippen LogP contribution >= 0.6 is 0 Å². The highest BCUT2D eigenvalue weighted by atomic mass is 16.7. The molecule has 1 heterocycles. The summed E-state index contributed by atoms with van der Waals surface area (Å²) in [4.78, 5) is 2.42. The summed E-state index contributed by atoms with van der Waals surface area (Å²) >= 11 is 0. The predicted octanol–water partition coefficient (Wildman–Crippen LogP) is 11.5. The Labute approximate surface area is 312 Å². The second-order valence-corrected chi connectivity index (χ2v) is 15.5. The maximum atomic E-state index is 6.45. The summed E-state index contributed by atoms with van der Waals surface area (Å²) in [7, 11) is -0.431. The Hall–Kier alpha value is -5.68. The minimum absolute atomic E-state index is 0.410. The molecule has 2 aliphatic carbocycles. The fourth-order valence-corrected chi connectivity index (χ4v) is 8.94. The van der Waals surface area contributed by atoms with E-state index < -0.39 is 23.7 Å². The van der Waals surface area contributed by atoms with Gasteiger partial charge in [0, 0.05) is 16.9 Å². The smallest absolute Gasteiger partial charge is 0.399 e. The van der Waals surface area contributed by atoms with Crippen molar-refractivity contribution < 1.29 is 9.31 Å². The van der Waals surface area contributed by atoms with Gasteiger partial charge in [0.05, 0.1) is 22.3 Å². The SMILES string of the molecule is CC1(C)OB(c2ccc(N(c3ccc4c(c3)C3(c5ccccc5-c5ccccc53)c3ccccc3-4)c3ccccc3-c3ccccc3)cc2)OC1(C)C. The average molecular weight is 686 g/mol. The summed E-state index contributed by atoms with van der Waals surface area (Å²) < 4.78 is 12.9. The standard InChI is InChI=1S/C49H40BNO2/c1-47(2)48(3,4)53-50(52-47)34-26-28-35(29-27-34)51(46-25-15-11-18-37(46)33-16-6-5-7-17-33)36-30-31-41-40-21-10-14-24-44(40)49(45(41)32-36)42-22-12-8-19-38(42)39-20-9-13-23-43(39)49/h5-32H,1-4H3. The van der Waals surface area contributed by atoms with Crippen molar-refractivity contribution in [1.82, 2.24) is 0 Å². The number of hydrogen-bond acceptors (Lipinski definition) is 3. The largest absolute Gasteiger partial charge is 0.494 e. The van der Waals surface area contributed by atoms with Gasteiger partial charge in [0.1, 0.15) is 0 Å². The zero-order chi connectivity index (χ0) is 36.0. The third kappa shape index (κ3) is 4.62. The van der Waals surface area contributed by atoms with Crippen LogP contribution in [0.4, 0.5) is 17.1 Å². The van der Waals surface area contributed by atoms with Gasteiger partial charge in [-0.25, -0.2) is 0 Å². The molecule has 0 bridgehead atoms. The lowest BCUT2D eigenvalue weighted by Gasteiger charge is -2.32. The van der Waals surface area contributed by atoms with Gasteiger partial charge in [-0.15, -0.1) is 0 Å². The molecule has 0 unspecified atom stereocenters. The van der Waals surface area contributed by atoms with Gasteiger partial charge in [-0.05, 0) is 114 Å². The molecule has 0 amide bonds. The van der Waals surface area contributed by atoms with Crippen LogP contribution in [0.2, 0.25) is 0 Å². The summed E-state index contributed by atoms with van der Waals surface area (Å²) in [5, 5.41) is 0. The highest BCUT2D eigenvalue weighted by Crippen LogP contribution is 2.63. The van der Waals surface area contributed by atoms with E-state index in [1.165, 1.54) is 50.1 Å². The Morgan fingerprint density at radius 2 is 0.868 bits per heavy atom. The molecule has 53 heavy (non-hydrogen) atoms. The van der Waals surface area contributed by atoms with Crippen LogP contribution in [0.25, 0.3) is 33.4 Å². The van der Waals surface area contributed by atoms with Crippen LogP contribution in [0.5, 0.6) is 0 Å². The van der Waals surface area contributed by atoms with Gasteiger partial charge in [0.15, 0.2) is 0 Å². The van der Waals surface area contributed by atoms with E-state index in [2.05, 4.69) is 202 Å². The van der Waals surface area contributed by atoms with Gasteiger partial charge in [-0.3, -0.25) is 0 Å². The number of rotatable bonds is 5. The molecule has 256 valence electrons. The van der Waals surface area contributed by atoms with Gasteiger partial charge in [0.2, 0.25) is 0 Å². The van der Waals surface area contributed by atoms with E-state index in [1.54, 1.807) is 0 Å². The first-order chi connectivity index (χ1) is 25.8. The van der Waals surface area contributed by atoms with Crippen LogP contribution in [-0.4, -0.2) is 18.3 Å². The Bertz CT molecular complexity index is 2460. The lowest BCUT2D eigenvalue weighted by molar-refractivity contribution is 0.00578. The first kappa shape index (κ1) is 32.0. The van der Waals surface area contributed by atoms with Crippen LogP contribution in [0, 0.1) is 0 Å². The molecule has 1 fully saturated rings. The monoisotopic (exact) mass is 685 g/mol. The molecule has 10 rings (SSSR count). The highest BCUT2D eigenvalue weighted by Gasteiger charge is 2.53. The second-order valence-electron chi connectivity index (χ2n) is 15.5. The Morgan fingerprint density at radius 3 is 1.43 bits per heavy atom. The van der Waals surface area contributed by atoms with Crippen LogP contribution in [0.3, 0.4) is 0 Å². The van der Waals surface area contributed by atoms with Crippen molar-refractivity contribution >= 4 is 29.6 Å². The van der Waals surface area contributed by atoms with Crippen molar-refractivity contribution in [2.45, 2.75) is 44.3 Å². The van der Waals surface area contributed by atoms with Crippen LogP contribution < -0.4 is 10.4 Å². The summed E-state index contributed by atoms with van der Waals surface area (Å²) in [6, 6.07) is 62.2. The third-order valence-corrected chi connectivity index (χ3v) is 12.1. The summed E-state index contributed by atoms with van der Waals surface area (Å²) in [5.41, 5.74) is 15.9. The molecular formula is C49H40BNO2. The minimum atomic E-state index is -0.431. The molecule has 1 aliphatic heterocycles. The maximum absolute atomic E-state index is 6.45.